The molecule has 2 aromatic rings. The van der Waals surface area contributed by atoms with Crippen LogP contribution in [0.1, 0.15) is 36.8 Å². The summed E-state index contributed by atoms with van der Waals surface area (Å²) < 4.78 is 33.9. The van der Waals surface area contributed by atoms with Crippen LogP contribution in [0.3, 0.4) is 0 Å². The van der Waals surface area contributed by atoms with E-state index < -0.39 is 22.7 Å². The molecule has 1 amide bonds. The van der Waals surface area contributed by atoms with Gasteiger partial charge in [-0.3, -0.25) is 9.10 Å². The summed E-state index contributed by atoms with van der Waals surface area (Å²) in [6.45, 7) is 3.34. The highest BCUT2D eigenvalue weighted by Crippen LogP contribution is 2.34. The molecule has 0 spiro atoms. The van der Waals surface area contributed by atoms with Crippen LogP contribution in [-0.4, -0.2) is 57.2 Å². The maximum atomic E-state index is 13.7. The standard InChI is InChI=1S/C24H32N2O5S/c1-17-9-12-19(13-10-17)32(29,30)26(21-15-18(2)11-14-23(21)31-4)16-24(28)25(3)20-7-5-6-8-22(20)27/h9-15,20,22,27H,5-8,16H2,1-4H3. The summed E-state index contributed by atoms with van der Waals surface area (Å²) in [5, 5.41) is 10.4. The van der Waals surface area contributed by atoms with Gasteiger partial charge in [0.2, 0.25) is 5.91 Å². The molecule has 1 aliphatic carbocycles. The highest BCUT2D eigenvalue weighted by molar-refractivity contribution is 7.92. The first-order valence-corrected chi connectivity index (χ1v) is 12.3. The van der Waals surface area contributed by atoms with Gasteiger partial charge in [-0.15, -0.1) is 0 Å². The van der Waals surface area contributed by atoms with E-state index in [2.05, 4.69) is 0 Å². The average Bonchev–Trinajstić information content (AvgIpc) is 2.77. The zero-order valence-corrected chi connectivity index (χ0v) is 19.9. The van der Waals surface area contributed by atoms with E-state index in [0.29, 0.717) is 24.3 Å². The zero-order chi connectivity index (χ0) is 23.5. The van der Waals surface area contributed by atoms with Crippen LogP contribution in [-0.2, 0) is 14.8 Å². The van der Waals surface area contributed by atoms with Crippen molar-refractivity contribution < 1.29 is 23.1 Å². The molecule has 1 aliphatic rings. The van der Waals surface area contributed by atoms with Gasteiger partial charge in [0.1, 0.15) is 12.3 Å². The molecular formula is C24H32N2O5S. The molecule has 2 aromatic carbocycles. The van der Waals surface area contributed by atoms with Crippen molar-refractivity contribution >= 4 is 21.6 Å². The molecule has 0 aromatic heterocycles. The monoisotopic (exact) mass is 460 g/mol. The molecule has 174 valence electrons. The Morgan fingerprint density at radius 1 is 1.06 bits per heavy atom. The minimum atomic E-state index is -4.05. The summed E-state index contributed by atoms with van der Waals surface area (Å²) in [4.78, 5) is 14.8. The topological polar surface area (TPSA) is 87.2 Å². The third-order valence-electron chi connectivity index (χ3n) is 6.08. The number of ether oxygens (including phenoxy) is 1. The highest BCUT2D eigenvalue weighted by atomic mass is 32.2. The summed E-state index contributed by atoms with van der Waals surface area (Å²) in [5.41, 5.74) is 2.08. The molecule has 0 bridgehead atoms. The predicted molar refractivity (Wildman–Crippen MR) is 124 cm³/mol. The van der Waals surface area contributed by atoms with Gasteiger partial charge in [-0.25, -0.2) is 8.42 Å². The summed E-state index contributed by atoms with van der Waals surface area (Å²) in [6, 6.07) is 11.4. The first-order valence-electron chi connectivity index (χ1n) is 10.8. The van der Waals surface area contributed by atoms with Crippen molar-refractivity contribution in [2.75, 3.05) is 25.0 Å². The SMILES string of the molecule is COc1ccc(C)cc1N(CC(=O)N(C)C1CCCCC1O)S(=O)(=O)c1ccc(C)cc1. The third-order valence-corrected chi connectivity index (χ3v) is 7.85. The molecule has 0 aliphatic heterocycles. The number of likely N-dealkylation sites (N-methyl/N-ethyl adjacent to an activating group) is 1. The largest absolute Gasteiger partial charge is 0.495 e. The molecule has 1 saturated carbocycles. The predicted octanol–water partition coefficient (Wildman–Crippen LogP) is 3.27. The molecule has 32 heavy (non-hydrogen) atoms. The molecule has 7 nitrogen and oxygen atoms in total. The maximum absolute atomic E-state index is 13.7. The minimum Gasteiger partial charge on any atom is -0.495 e. The molecule has 1 N–H and O–H groups in total. The fourth-order valence-electron chi connectivity index (χ4n) is 4.09. The summed E-state index contributed by atoms with van der Waals surface area (Å²) in [7, 11) is -0.950. The van der Waals surface area contributed by atoms with Gasteiger partial charge in [-0.05, 0) is 56.5 Å². The van der Waals surface area contributed by atoms with Crippen LogP contribution < -0.4 is 9.04 Å². The second-order valence-electron chi connectivity index (χ2n) is 8.42. The van der Waals surface area contributed by atoms with Crippen LogP contribution in [0.25, 0.3) is 0 Å². The Balaban J connectivity index is 2.02. The van der Waals surface area contributed by atoms with Gasteiger partial charge >= 0.3 is 0 Å². The molecule has 0 heterocycles. The van der Waals surface area contributed by atoms with Gasteiger partial charge in [0.15, 0.2) is 0 Å². The van der Waals surface area contributed by atoms with E-state index in [9.17, 15) is 18.3 Å². The lowest BCUT2D eigenvalue weighted by atomic mass is 9.91. The Bertz CT molecular complexity index is 1050. The minimum absolute atomic E-state index is 0.0970. The lowest BCUT2D eigenvalue weighted by Crippen LogP contribution is -2.50. The number of hydrogen-bond acceptors (Lipinski definition) is 5. The molecule has 2 unspecified atom stereocenters. The number of aryl methyl sites for hydroxylation is 2. The Kier molecular flexibility index (Phi) is 7.46. The second-order valence-corrected chi connectivity index (χ2v) is 10.3. The Morgan fingerprint density at radius 3 is 2.31 bits per heavy atom. The van der Waals surface area contributed by atoms with Crippen molar-refractivity contribution in [3.63, 3.8) is 0 Å². The lowest BCUT2D eigenvalue weighted by molar-refractivity contribution is -0.133. The highest BCUT2D eigenvalue weighted by Gasteiger charge is 2.34. The number of methoxy groups -OCH3 is 1. The van der Waals surface area contributed by atoms with Crippen molar-refractivity contribution in [2.45, 2.75) is 56.6 Å². The molecule has 3 rings (SSSR count). The van der Waals surface area contributed by atoms with E-state index in [0.717, 1.165) is 28.3 Å². The molecule has 0 radical (unpaired) electrons. The van der Waals surface area contributed by atoms with E-state index in [1.165, 1.54) is 12.0 Å². The van der Waals surface area contributed by atoms with Crippen molar-refractivity contribution in [1.82, 2.24) is 4.90 Å². The number of anilines is 1. The first kappa shape index (κ1) is 24.1. The smallest absolute Gasteiger partial charge is 0.264 e. The van der Waals surface area contributed by atoms with Crippen molar-refractivity contribution in [3.8, 4) is 5.75 Å². The van der Waals surface area contributed by atoms with Gasteiger partial charge in [-0.2, -0.15) is 0 Å². The molecule has 1 fully saturated rings. The Hall–Kier alpha value is -2.58. The average molecular weight is 461 g/mol. The number of carbonyl (C=O) groups is 1. The van der Waals surface area contributed by atoms with Gasteiger partial charge < -0.3 is 14.7 Å². The van der Waals surface area contributed by atoms with Gasteiger partial charge in [0.25, 0.3) is 10.0 Å². The fourth-order valence-corrected chi connectivity index (χ4v) is 5.51. The van der Waals surface area contributed by atoms with E-state index in [1.807, 2.05) is 19.9 Å². The van der Waals surface area contributed by atoms with Crippen LogP contribution in [0.5, 0.6) is 5.75 Å². The van der Waals surface area contributed by atoms with Crippen LogP contribution in [0.2, 0.25) is 0 Å². The van der Waals surface area contributed by atoms with Crippen LogP contribution in [0.15, 0.2) is 47.4 Å². The number of rotatable bonds is 7. The van der Waals surface area contributed by atoms with Gasteiger partial charge in [0.05, 0.1) is 29.8 Å². The second kappa shape index (κ2) is 9.92. The Labute approximate surface area is 190 Å². The van der Waals surface area contributed by atoms with E-state index in [1.54, 1.807) is 43.4 Å². The van der Waals surface area contributed by atoms with Crippen molar-refractivity contribution in [1.29, 1.82) is 0 Å². The lowest BCUT2D eigenvalue weighted by Gasteiger charge is -2.36. The van der Waals surface area contributed by atoms with Gasteiger partial charge in [0, 0.05) is 7.05 Å². The van der Waals surface area contributed by atoms with E-state index in [4.69, 9.17) is 4.74 Å². The van der Waals surface area contributed by atoms with E-state index >= 15 is 0 Å². The van der Waals surface area contributed by atoms with Crippen LogP contribution in [0.4, 0.5) is 5.69 Å². The number of amides is 1. The van der Waals surface area contributed by atoms with E-state index in [-0.39, 0.29) is 16.8 Å². The number of aliphatic hydroxyl groups is 1. The molecule has 2 atom stereocenters. The summed E-state index contributed by atoms with van der Waals surface area (Å²) in [6.07, 6.45) is 2.58. The number of nitrogens with zero attached hydrogens (tertiary/aromatic N) is 2. The number of hydrogen-bond donors (Lipinski definition) is 1. The fraction of sp³-hybridized carbons (Fsp3) is 0.458. The van der Waals surface area contributed by atoms with Crippen molar-refractivity contribution in [2.24, 2.45) is 0 Å². The van der Waals surface area contributed by atoms with Crippen molar-refractivity contribution in [3.05, 3.63) is 53.6 Å². The number of carbonyl (C=O) groups excluding carboxylic acids is 1. The molecule has 8 heteroatoms. The molecular weight excluding hydrogens is 428 g/mol. The first-order chi connectivity index (χ1) is 15.1. The van der Waals surface area contributed by atoms with Crippen LogP contribution >= 0.6 is 0 Å². The zero-order valence-electron chi connectivity index (χ0n) is 19.1. The van der Waals surface area contributed by atoms with Crippen LogP contribution in [0, 0.1) is 13.8 Å². The summed E-state index contributed by atoms with van der Waals surface area (Å²) in [5.74, 6) is -0.0189. The quantitative estimate of drug-likeness (QED) is 0.685. The number of aliphatic hydroxyl groups excluding tert-OH is 1. The maximum Gasteiger partial charge on any atom is 0.264 e. The molecule has 0 saturated heterocycles. The van der Waals surface area contributed by atoms with Gasteiger partial charge in [-0.1, -0.05) is 36.6 Å². The summed E-state index contributed by atoms with van der Waals surface area (Å²) >= 11 is 0. The number of benzene rings is 2. The number of sulfonamides is 1. The third kappa shape index (κ3) is 5.07. The normalized spacial score (nSPS) is 18.8. The Morgan fingerprint density at radius 2 is 1.69 bits per heavy atom.